The van der Waals surface area contributed by atoms with Gasteiger partial charge >= 0.3 is 0 Å². The molecule has 0 aromatic heterocycles. The van der Waals surface area contributed by atoms with Gasteiger partial charge in [-0.25, -0.2) is 8.78 Å². The lowest BCUT2D eigenvalue weighted by Gasteiger charge is -2.38. The van der Waals surface area contributed by atoms with E-state index in [2.05, 4.69) is 0 Å². The Morgan fingerprint density at radius 1 is 1.19 bits per heavy atom. The Labute approximate surface area is 160 Å². The van der Waals surface area contributed by atoms with Gasteiger partial charge in [0.1, 0.15) is 5.60 Å². The summed E-state index contributed by atoms with van der Waals surface area (Å²) in [6, 6.07) is 6.16. The molecular weight excluding hydrogens is 378 g/mol. The smallest absolute Gasteiger partial charge is 0.296 e. The van der Waals surface area contributed by atoms with Crippen LogP contribution in [-0.2, 0) is 23.8 Å². The SMILES string of the molecule is Cc1ccc(S(=O)(=O)OCCCC(F)(F)C(C)(C)OC2CCCCO2)cc1. The van der Waals surface area contributed by atoms with Crippen LogP contribution in [0.3, 0.4) is 0 Å². The summed E-state index contributed by atoms with van der Waals surface area (Å²) >= 11 is 0. The topological polar surface area (TPSA) is 61.8 Å². The third-order valence-corrected chi connectivity index (χ3v) is 5.95. The van der Waals surface area contributed by atoms with Gasteiger partial charge in [0.2, 0.25) is 0 Å². The summed E-state index contributed by atoms with van der Waals surface area (Å²) in [4.78, 5) is 0.0120. The number of halogens is 2. The normalized spacial score (nSPS) is 19.2. The van der Waals surface area contributed by atoms with Crippen molar-refractivity contribution in [1.29, 1.82) is 0 Å². The highest BCUT2D eigenvalue weighted by molar-refractivity contribution is 7.86. The van der Waals surface area contributed by atoms with E-state index in [-0.39, 0.29) is 17.9 Å². The van der Waals surface area contributed by atoms with Gasteiger partial charge in [-0.2, -0.15) is 8.42 Å². The van der Waals surface area contributed by atoms with Crippen LogP contribution < -0.4 is 0 Å². The Morgan fingerprint density at radius 3 is 2.44 bits per heavy atom. The summed E-state index contributed by atoms with van der Waals surface area (Å²) in [5, 5.41) is 0. The maximum absolute atomic E-state index is 14.6. The molecule has 1 aromatic carbocycles. The molecule has 1 aliphatic heterocycles. The standard InChI is InChI=1S/C19H28F2O5S/c1-15-8-10-16(11-9-15)27(22,23)25-14-6-12-19(20,21)18(2,3)26-17-7-4-5-13-24-17/h8-11,17H,4-7,12-14H2,1-3H3. The molecule has 0 radical (unpaired) electrons. The van der Waals surface area contributed by atoms with Crippen molar-refractivity contribution in [2.45, 2.75) is 75.6 Å². The molecule has 8 heteroatoms. The molecule has 5 nitrogen and oxygen atoms in total. The van der Waals surface area contributed by atoms with E-state index in [9.17, 15) is 17.2 Å². The molecule has 27 heavy (non-hydrogen) atoms. The molecule has 0 saturated carbocycles. The van der Waals surface area contributed by atoms with E-state index in [0.717, 1.165) is 18.4 Å². The minimum atomic E-state index is -3.95. The highest BCUT2D eigenvalue weighted by Gasteiger charge is 2.48. The van der Waals surface area contributed by atoms with Crippen LogP contribution in [0.4, 0.5) is 8.78 Å². The summed E-state index contributed by atoms with van der Waals surface area (Å²) in [7, 11) is -3.95. The number of ether oxygens (including phenoxy) is 2. The van der Waals surface area contributed by atoms with Gasteiger partial charge in [-0.15, -0.1) is 0 Å². The second-order valence-corrected chi connectivity index (χ2v) is 8.94. The maximum Gasteiger partial charge on any atom is 0.296 e. The molecule has 1 fully saturated rings. The van der Waals surface area contributed by atoms with Gasteiger partial charge in [0.25, 0.3) is 16.0 Å². The second kappa shape index (κ2) is 8.94. The number of benzene rings is 1. The molecular formula is C19H28F2O5S. The number of alkyl halides is 2. The van der Waals surface area contributed by atoms with E-state index in [0.29, 0.717) is 13.0 Å². The van der Waals surface area contributed by atoms with Crippen LogP contribution in [0.1, 0.15) is 51.5 Å². The van der Waals surface area contributed by atoms with E-state index >= 15 is 0 Å². The van der Waals surface area contributed by atoms with Crippen LogP contribution in [0.5, 0.6) is 0 Å². The molecule has 1 saturated heterocycles. The lowest BCUT2D eigenvalue weighted by Crippen LogP contribution is -2.48. The predicted octanol–water partition coefficient (Wildman–Crippen LogP) is 4.44. The highest BCUT2D eigenvalue weighted by atomic mass is 32.2. The monoisotopic (exact) mass is 406 g/mol. The Kier molecular flexibility index (Phi) is 7.35. The first kappa shape index (κ1) is 22.2. The summed E-state index contributed by atoms with van der Waals surface area (Å²) in [5.41, 5.74) is -0.803. The van der Waals surface area contributed by atoms with Gasteiger partial charge in [0.15, 0.2) is 6.29 Å². The van der Waals surface area contributed by atoms with E-state index in [1.165, 1.54) is 26.0 Å². The molecule has 0 spiro atoms. The second-order valence-electron chi connectivity index (χ2n) is 7.32. The number of hydrogen-bond acceptors (Lipinski definition) is 5. The zero-order chi connectivity index (χ0) is 20.1. The molecule has 1 aromatic rings. The van der Waals surface area contributed by atoms with Crippen molar-refractivity contribution in [1.82, 2.24) is 0 Å². The van der Waals surface area contributed by atoms with Crippen LogP contribution in [-0.4, -0.2) is 39.4 Å². The number of rotatable bonds is 9. The van der Waals surface area contributed by atoms with E-state index in [1.54, 1.807) is 12.1 Å². The number of aryl methyl sites for hydroxylation is 1. The third kappa shape index (κ3) is 6.20. The van der Waals surface area contributed by atoms with Gasteiger partial charge in [-0.05, 0) is 58.6 Å². The Balaban J connectivity index is 1.84. The van der Waals surface area contributed by atoms with Gasteiger partial charge in [-0.3, -0.25) is 4.18 Å². The molecule has 0 amide bonds. The van der Waals surface area contributed by atoms with Crippen molar-refractivity contribution in [3.63, 3.8) is 0 Å². The lowest BCUT2D eigenvalue weighted by molar-refractivity contribution is -0.278. The van der Waals surface area contributed by atoms with Crippen molar-refractivity contribution >= 4 is 10.1 Å². The van der Waals surface area contributed by atoms with E-state index in [4.69, 9.17) is 13.7 Å². The van der Waals surface area contributed by atoms with Crippen LogP contribution in [0.25, 0.3) is 0 Å². The molecule has 154 valence electrons. The molecule has 1 unspecified atom stereocenters. The Bertz CT molecular complexity index is 695. The van der Waals surface area contributed by atoms with Crippen LogP contribution in [0, 0.1) is 6.92 Å². The molecule has 1 atom stereocenters. The Hall–Kier alpha value is -1.09. The molecule has 0 bridgehead atoms. The van der Waals surface area contributed by atoms with Crippen molar-refractivity contribution in [3.8, 4) is 0 Å². The zero-order valence-corrected chi connectivity index (χ0v) is 16.9. The Morgan fingerprint density at radius 2 is 1.85 bits per heavy atom. The van der Waals surface area contributed by atoms with Crippen molar-refractivity contribution in [3.05, 3.63) is 29.8 Å². The summed E-state index contributed by atoms with van der Waals surface area (Å²) in [5.74, 6) is -3.15. The van der Waals surface area contributed by atoms with E-state index in [1.807, 2.05) is 6.92 Å². The summed E-state index contributed by atoms with van der Waals surface area (Å²) in [6.45, 7) is 4.68. The maximum atomic E-state index is 14.6. The first-order chi connectivity index (χ1) is 12.5. The molecule has 0 N–H and O–H groups in total. The average molecular weight is 406 g/mol. The fourth-order valence-corrected chi connectivity index (χ4v) is 3.70. The van der Waals surface area contributed by atoms with Gasteiger partial charge in [-0.1, -0.05) is 17.7 Å². The minimum absolute atomic E-state index is 0.0120. The fourth-order valence-electron chi connectivity index (χ4n) is 2.76. The van der Waals surface area contributed by atoms with E-state index < -0.39 is 34.4 Å². The molecule has 1 heterocycles. The van der Waals surface area contributed by atoms with Crippen molar-refractivity contribution < 1.29 is 30.9 Å². The number of hydrogen-bond donors (Lipinski definition) is 0. The molecule has 2 rings (SSSR count). The average Bonchev–Trinajstić information content (AvgIpc) is 2.59. The largest absolute Gasteiger partial charge is 0.353 e. The fraction of sp³-hybridized carbons (Fsp3) is 0.684. The minimum Gasteiger partial charge on any atom is -0.353 e. The zero-order valence-electron chi connectivity index (χ0n) is 16.0. The van der Waals surface area contributed by atoms with Crippen molar-refractivity contribution in [2.75, 3.05) is 13.2 Å². The first-order valence-electron chi connectivity index (χ1n) is 9.17. The predicted molar refractivity (Wildman–Crippen MR) is 97.3 cm³/mol. The van der Waals surface area contributed by atoms with Crippen LogP contribution in [0.2, 0.25) is 0 Å². The first-order valence-corrected chi connectivity index (χ1v) is 10.6. The van der Waals surface area contributed by atoms with Crippen LogP contribution >= 0.6 is 0 Å². The van der Waals surface area contributed by atoms with Crippen molar-refractivity contribution in [2.24, 2.45) is 0 Å². The lowest BCUT2D eigenvalue weighted by atomic mass is 9.95. The summed E-state index contributed by atoms with van der Waals surface area (Å²) in [6.07, 6.45) is 1.10. The third-order valence-electron chi connectivity index (χ3n) is 4.63. The highest BCUT2D eigenvalue weighted by Crippen LogP contribution is 2.37. The van der Waals surface area contributed by atoms with Gasteiger partial charge < -0.3 is 9.47 Å². The molecule has 1 aliphatic rings. The molecule has 0 aliphatic carbocycles. The van der Waals surface area contributed by atoms with Crippen LogP contribution in [0.15, 0.2) is 29.2 Å². The summed E-state index contributed by atoms with van der Waals surface area (Å²) < 4.78 is 69.0. The van der Waals surface area contributed by atoms with Gasteiger partial charge in [0, 0.05) is 13.0 Å². The quantitative estimate of drug-likeness (QED) is 0.448. The van der Waals surface area contributed by atoms with Gasteiger partial charge in [0.05, 0.1) is 11.5 Å².